The second-order valence-electron chi connectivity index (χ2n) is 7.02. The van der Waals surface area contributed by atoms with E-state index in [1.807, 2.05) is 0 Å². The quantitative estimate of drug-likeness (QED) is 0.679. The van der Waals surface area contributed by atoms with Gasteiger partial charge in [-0.3, -0.25) is 0 Å². The molecule has 21 heavy (non-hydrogen) atoms. The van der Waals surface area contributed by atoms with Gasteiger partial charge in [-0.05, 0) is 57.1 Å². The van der Waals surface area contributed by atoms with Crippen molar-refractivity contribution in [3.8, 4) is 0 Å². The summed E-state index contributed by atoms with van der Waals surface area (Å²) in [7, 11) is 1.80. The molecule has 1 rings (SSSR count). The van der Waals surface area contributed by atoms with E-state index in [4.69, 9.17) is 4.74 Å². The van der Waals surface area contributed by atoms with E-state index in [0.717, 1.165) is 19.5 Å². The number of hydrogen-bond donors (Lipinski definition) is 1. The number of rotatable bonds is 10. The van der Waals surface area contributed by atoms with E-state index in [0.29, 0.717) is 11.8 Å². The fourth-order valence-electron chi connectivity index (χ4n) is 2.53. The largest absolute Gasteiger partial charge is 0.379 e. The summed E-state index contributed by atoms with van der Waals surface area (Å²) in [6.45, 7) is 11.0. The molecular weight excluding hydrogens is 258 g/mol. The van der Waals surface area contributed by atoms with E-state index in [2.05, 4.69) is 63.3 Å². The zero-order valence-electron chi connectivity index (χ0n) is 14.5. The van der Waals surface area contributed by atoms with Crippen molar-refractivity contribution < 1.29 is 4.74 Å². The Bertz CT molecular complexity index is 372. The van der Waals surface area contributed by atoms with Gasteiger partial charge in [0.05, 0.1) is 5.60 Å². The first-order valence-corrected chi connectivity index (χ1v) is 8.25. The highest BCUT2D eigenvalue weighted by Gasteiger charge is 2.18. The van der Waals surface area contributed by atoms with Gasteiger partial charge in [0, 0.05) is 13.7 Å². The zero-order chi connectivity index (χ0) is 15.7. The van der Waals surface area contributed by atoms with E-state index < -0.39 is 0 Å². The molecule has 0 fully saturated rings. The van der Waals surface area contributed by atoms with Gasteiger partial charge < -0.3 is 10.1 Å². The van der Waals surface area contributed by atoms with Crippen LogP contribution in [-0.4, -0.2) is 25.8 Å². The predicted octanol–water partition coefficient (Wildman–Crippen LogP) is 4.61. The van der Waals surface area contributed by atoms with Crippen molar-refractivity contribution in [2.75, 3.05) is 20.2 Å². The first kappa shape index (κ1) is 18.2. The minimum atomic E-state index is -0.00734. The molecule has 1 unspecified atom stereocenters. The molecular formula is C19H33NO. The van der Waals surface area contributed by atoms with E-state index in [1.165, 1.54) is 18.4 Å². The van der Waals surface area contributed by atoms with Crippen LogP contribution in [0.3, 0.4) is 0 Å². The van der Waals surface area contributed by atoms with Crippen LogP contribution in [0, 0.1) is 5.92 Å². The molecule has 1 atom stereocenters. The van der Waals surface area contributed by atoms with Crippen LogP contribution in [0.15, 0.2) is 30.3 Å². The average molecular weight is 291 g/mol. The topological polar surface area (TPSA) is 21.3 Å². The summed E-state index contributed by atoms with van der Waals surface area (Å²) in [6, 6.07) is 10.9. The van der Waals surface area contributed by atoms with Crippen LogP contribution in [0.5, 0.6) is 0 Å². The van der Waals surface area contributed by atoms with Gasteiger partial charge >= 0.3 is 0 Å². The summed E-state index contributed by atoms with van der Waals surface area (Å²) >= 11 is 0. The Morgan fingerprint density at radius 3 is 2.33 bits per heavy atom. The molecule has 0 amide bonds. The van der Waals surface area contributed by atoms with Crippen molar-refractivity contribution in [1.82, 2.24) is 5.32 Å². The minimum Gasteiger partial charge on any atom is -0.379 e. The lowest BCUT2D eigenvalue weighted by Crippen LogP contribution is -2.26. The molecule has 1 N–H and O–H groups in total. The fraction of sp³-hybridized carbons (Fsp3) is 0.684. The Morgan fingerprint density at radius 2 is 1.76 bits per heavy atom. The molecule has 120 valence electrons. The number of methoxy groups -OCH3 is 1. The first-order chi connectivity index (χ1) is 9.94. The van der Waals surface area contributed by atoms with Crippen LogP contribution in [0.2, 0.25) is 0 Å². The monoisotopic (exact) mass is 291 g/mol. The second kappa shape index (κ2) is 9.22. The molecule has 0 bridgehead atoms. The molecule has 0 aliphatic heterocycles. The van der Waals surface area contributed by atoms with Crippen LogP contribution < -0.4 is 5.32 Å². The normalized spacial score (nSPS) is 13.6. The molecule has 0 saturated carbocycles. The lowest BCUT2D eigenvalue weighted by Gasteiger charge is -2.25. The van der Waals surface area contributed by atoms with Gasteiger partial charge in [0.25, 0.3) is 0 Å². The standard InChI is InChI=1S/C19H33NO/c1-16(2)14-20-15-18(17-10-7-6-8-11-17)12-9-13-19(3,4)21-5/h6-8,10-11,16,18,20H,9,12-15H2,1-5H3. The van der Waals surface area contributed by atoms with Crippen molar-refractivity contribution in [3.05, 3.63) is 35.9 Å². The lowest BCUT2D eigenvalue weighted by atomic mass is 9.90. The highest BCUT2D eigenvalue weighted by molar-refractivity contribution is 5.19. The molecule has 0 radical (unpaired) electrons. The van der Waals surface area contributed by atoms with Crippen molar-refractivity contribution in [2.45, 2.75) is 58.5 Å². The Hall–Kier alpha value is -0.860. The van der Waals surface area contributed by atoms with E-state index in [1.54, 1.807) is 7.11 Å². The maximum atomic E-state index is 5.52. The molecule has 0 aliphatic rings. The van der Waals surface area contributed by atoms with Crippen LogP contribution >= 0.6 is 0 Å². The highest BCUT2D eigenvalue weighted by Crippen LogP contribution is 2.25. The average Bonchev–Trinajstić information content (AvgIpc) is 2.46. The number of benzene rings is 1. The molecule has 0 spiro atoms. The van der Waals surface area contributed by atoms with Crippen LogP contribution in [0.4, 0.5) is 0 Å². The molecule has 0 heterocycles. The predicted molar refractivity (Wildman–Crippen MR) is 91.8 cm³/mol. The van der Waals surface area contributed by atoms with Gasteiger partial charge in [-0.2, -0.15) is 0 Å². The molecule has 1 aromatic carbocycles. The summed E-state index contributed by atoms with van der Waals surface area (Å²) in [6.07, 6.45) is 3.52. The SMILES string of the molecule is COC(C)(C)CCCC(CNCC(C)C)c1ccccc1. The lowest BCUT2D eigenvalue weighted by molar-refractivity contribution is 0.0131. The molecule has 1 aromatic rings. The molecule has 2 nitrogen and oxygen atoms in total. The first-order valence-electron chi connectivity index (χ1n) is 8.25. The van der Waals surface area contributed by atoms with Crippen LogP contribution in [0.25, 0.3) is 0 Å². The number of nitrogens with one attached hydrogen (secondary N) is 1. The van der Waals surface area contributed by atoms with Crippen LogP contribution in [-0.2, 0) is 4.74 Å². The highest BCUT2D eigenvalue weighted by atomic mass is 16.5. The Kier molecular flexibility index (Phi) is 7.98. The van der Waals surface area contributed by atoms with E-state index in [9.17, 15) is 0 Å². The molecule has 0 aromatic heterocycles. The third kappa shape index (κ3) is 7.63. The van der Waals surface area contributed by atoms with E-state index in [-0.39, 0.29) is 5.60 Å². The van der Waals surface area contributed by atoms with Crippen molar-refractivity contribution in [2.24, 2.45) is 5.92 Å². The minimum absolute atomic E-state index is 0.00734. The summed E-state index contributed by atoms with van der Waals surface area (Å²) in [5.41, 5.74) is 1.44. The van der Waals surface area contributed by atoms with Crippen molar-refractivity contribution >= 4 is 0 Å². The molecule has 0 aliphatic carbocycles. The van der Waals surface area contributed by atoms with Crippen molar-refractivity contribution in [1.29, 1.82) is 0 Å². The summed E-state index contributed by atoms with van der Waals surface area (Å²) < 4.78 is 5.52. The number of hydrogen-bond acceptors (Lipinski definition) is 2. The summed E-state index contributed by atoms with van der Waals surface area (Å²) in [5, 5.41) is 3.61. The molecule has 2 heteroatoms. The van der Waals surface area contributed by atoms with Gasteiger partial charge in [0.1, 0.15) is 0 Å². The van der Waals surface area contributed by atoms with E-state index >= 15 is 0 Å². The van der Waals surface area contributed by atoms with Crippen LogP contribution in [0.1, 0.15) is 58.4 Å². The Balaban J connectivity index is 2.52. The van der Waals surface area contributed by atoms with Gasteiger partial charge in [-0.1, -0.05) is 44.2 Å². The Labute approximate surface area is 131 Å². The molecule has 0 saturated heterocycles. The summed E-state index contributed by atoms with van der Waals surface area (Å²) in [5.74, 6) is 1.30. The van der Waals surface area contributed by atoms with Gasteiger partial charge in [-0.25, -0.2) is 0 Å². The zero-order valence-corrected chi connectivity index (χ0v) is 14.5. The maximum absolute atomic E-state index is 5.52. The maximum Gasteiger partial charge on any atom is 0.0622 e. The van der Waals surface area contributed by atoms with Gasteiger partial charge in [-0.15, -0.1) is 0 Å². The van der Waals surface area contributed by atoms with Gasteiger partial charge in [0.2, 0.25) is 0 Å². The second-order valence-corrected chi connectivity index (χ2v) is 7.02. The Morgan fingerprint density at radius 1 is 1.10 bits per heavy atom. The summed E-state index contributed by atoms with van der Waals surface area (Å²) in [4.78, 5) is 0. The third-order valence-corrected chi connectivity index (χ3v) is 4.10. The third-order valence-electron chi connectivity index (χ3n) is 4.10. The number of ether oxygens (including phenoxy) is 1. The smallest absolute Gasteiger partial charge is 0.0622 e. The van der Waals surface area contributed by atoms with Crippen molar-refractivity contribution in [3.63, 3.8) is 0 Å². The van der Waals surface area contributed by atoms with Gasteiger partial charge in [0.15, 0.2) is 0 Å². The fourth-order valence-corrected chi connectivity index (χ4v) is 2.53.